The molecule has 0 aliphatic rings. The molecule has 12 heavy (non-hydrogen) atoms. The molecule has 4 heteroatoms. The molecule has 3 unspecified atom stereocenters. The van der Waals surface area contributed by atoms with Crippen molar-refractivity contribution in [3.8, 4) is 0 Å². The predicted octanol–water partition coefficient (Wildman–Crippen LogP) is -0.162. The molecule has 0 bridgehead atoms. The number of aliphatic hydroxyl groups excluding tert-OH is 3. The highest BCUT2D eigenvalue weighted by molar-refractivity contribution is 4.44. The van der Waals surface area contributed by atoms with Crippen LogP contribution in [-0.4, -0.2) is 45.0 Å². The van der Waals surface area contributed by atoms with Crippen molar-refractivity contribution in [3.05, 3.63) is 0 Å². The van der Waals surface area contributed by atoms with Gasteiger partial charge in [0.1, 0.15) is 0 Å². The quantitative estimate of drug-likeness (QED) is 0.414. The Morgan fingerprint density at radius 3 is 1.17 bits per heavy atom. The van der Waals surface area contributed by atoms with Crippen LogP contribution in [0.5, 0.6) is 0 Å². The number of hydrogen-bond donors (Lipinski definition) is 3. The van der Waals surface area contributed by atoms with Gasteiger partial charge in [0, 0.05) is 20.8 Å². The van der Waals surface area contributed by atoms with Crippen LogP contribution < -0.4 is 0 Å². The summed E-state index contributed by atoms with van der Waals surface area (Å²) < 4.78 is -0.0972. The number of rotatable bonds is 4. The van der Waals surface area contributed by atoms with E-state index in [-0.39, 0.29) is 4.48 Å². The molecule has 0 heterocycles. The van der Waals surface area contributed by atoms with Crippen molar-refractivity contribution in [1.29, 1.82) is 0 Å². The van der Waals surface area contributed by atoms with Gasteiger partial charge in [0.15, 0.2) is 18.7 Å². The van der Waals surface area contributed by atoms with Gasteiger partial charge in [-0.2, -0.15) is 0 Å². The summed E-state index contributed by atoms with van der Waals surface area (Å²) in [6.07, 6.45) is -2.31. The maximum Gasteiger partial charge on any atom is 0.191 e. The summed E-state index contributed by atoms with van der Waals surface area (Å²) in [4.78, 5) is 0. The van der Waals surface area contributed by atoms with Crippen LogP contribution in [0, 0.1) is 0 Å². The summed E-state index contributed by atoms with van der Waals surface area (Å²) in [6, 6.07) is 0. The fraction of sp³-hybridized carbons (Fsp3) is 1.00. The van der Waals surface area contributed by atoms with Crippen molar-refractivity contribution in [2.45, 2.75) is 46.4 Å². The average Bonchev–Trinajstić information content (AvgIpc) is 1.86. The lowest BCUT2D eigenvalue weighted by molar-refractivity contribution is -1.04. The lowest BCUT2D eigenvalue weighted by Gasteiger charge is -2.44. The molecular formula is C8H20NO3+. The highest BCUT2D eigenvalue weighted by Gasteiger charge is 2.40. The van der Waals surface area contributed by atoms with Crippen molar-refractivity contribution < 1.29 is 19.8 Å². The molecule has 0 radical (unpaired) electrons. The Morgan fingerprint density at radius 2 is 1.17 bits per heavy atom. The van der Waals surface area contributed by atoms with Gasteiger partial charge in [-0.3, -0.25) is 4.48 Å². The predicted molar refractivity (Wildman–Crippen MR) is 45.8 cm³/mol. The number of aliphatic hydroxyl groups is 3. The topological polar surface area (TPSA) is 60.7 Å². The van der Waals surface area contributed by atoms with E-state index < -0.39 is 18.7 Å². The molecule has 0 aromatic carbocycles. The van der Waals surface area contributed by atoms with Crippen LogP contribution in [0.1, 0.15) is 27.7 Å². The van der Waals surface area contributed by atoms with E-state index in [0.717, 1.165) is 0 Å². The van der Waals surface area contributed by atoms with Crippen molar-refractivity contribution in [1.82, 2.24) is 0 Å². The first-order valence-corrected chi connectivity index (χ1v) is 4.30. The van der Waals surface area contributed by atoms with Crippen molar-refractivity contribution in [3.63, 3.8) is 0 Å². The summed E-state index contributed by atoms with van der Waals surface area (Å²) in [6.45, 7) is 7.04. The van der Waals surface area contributed by atoms with E-state index >= 15 is 0 Å². The summed E-state index contributed by atoms with van der Waals surface area (Å²) >= 11 is 0. The van der Waals surface area contributed by atoms with Crippen LogP contribution in [-0.2, 0) is 0 Å². The lowest BCUT2D eigenvalue weighted by Crippen LogP contribution is -2.64. The largest absolute Gasteiger partial charge is 0.345 e. The van der Waals surface area contributed by atoms with E-state index in [1.165, 1.54) is 0 Å². The van der Waals surface area contributed by atoms with Gasteiger partial charge in [-0.05, 0) is 6.92 Å². The van der Waals surface area contributed by atoms with Crippen LogP contribution >= 0.6 is 0 Å². The SMILES string of the molecule is CC[N+](C(C)O)(C(C)O)C(C)O. The van der Waals surface area contributed by atoms with Crippen molar-refractivity contribution in [2.24, 2.45) is 0 Å². The molecular weight excluding hydrogens is 158 g/mol. The zero-order chi connectivity index (χ0) is 9.94. The smallest absolute Gasteiger partial charge is 0.191 e. The maximum atomic E-state index is 9.46. The number of nitrogens with zero attached hydrogens (tertiary/aromatic N) is 1. The average molecular weight is 178 g/mol. The standard InChI is InChI=1S/C8H20NO3/c1-5-9(6(2)10,7(3)11)8(4)12/h6-8,10-12H,5H2,1-4H3/q+1. The van der Waals surface area contributed by atoms with Crippen LogP contribution in [0.15, 0.2) is 0 Å². The molecule has 0 saturated carbocycles. The van der Waals surface area contributed by atoms with Crippen LogP contribution in [0.3, 0.4) is 0 Å². The van der Waals surface area contributed by atoms with Crippen LogP contribution in [0.25, 0.3) is 0 Å². The minimum absolute atomic E-state index is 0.0972. The van der Waals surface area contributed by atoms with Gasteiger partial charge in [-0.1, -0.05) is 0 Å². The van der Waals surface area contributed by atoms with E-state index in [0.29, 0.717) is 6.54 Å². The second-order valence-corrected chi connectivity index (χ2v) is 3.21. The van der Waals surface area contributed by atoms with E-state index in [4.69, 9.17) is 0 Å². The molecule has 3 atom stereocenters. The fourth-order valence-corrected chi connectivity index (χ4v) is 1.73. The van der Waals surface area contributed by atoms with Gasteiger partial charge in [0.25, 0.3) is 0 Å². The molecule has 74 valence electrons. The first-order valence-electron chi connectivity index (χ1n) is 4.30. The minimum Gasteiger partial charge on any atom is -0.345 e. The van der Waals surface area contributed by atoms with Crippen molar-refractivity contribution >= 4 is 0 Å². The molecule has 0 spiro atoms. The summed E-state index contributed by atoms with van der Waals surface area (Å²) in [5.74, 6) is 0. The highest BCUT2D eigenvalue weighted by atomic mass is 16.4. The molecule has 0 aliphatic carbocycles. The third-order valence-electron chi connectivity index (χ3n) is 2.63. The molecule has 0 fully saturated rings. The Balaban J connectivity index is 4.77. The van der Waals surface area contributed by atoms with Gasteiger partial charge in [-0.15, -0.1) is 0 Å². The van der Waals surface area contributed by atoms with Gasteiger partial charge in [0.05, 0.1) is 6.54 Å². The fourth-order valence-electron chi connectivity index (χ4n) is 1.73. The Bertz CT molecular complexity index is 112. The normalized spacial score (nSPS) is 24.2. The van der Waals surface area contributed by atoms with Crippen molar-refractivity contribution in [2.75, 3.05) is 6.54 Å². The number of quaternary nitrogens is 1. The molecule has 0 aromatic heterocycles. The first-order chi connectivity index (χ1) is 5.39. The third-order valence-corrected chi connectivity index (χ3v) is 2.63. The molecule has 3 N–H and O–H groups in total. The van der Waals surface area contributed by atoms with Crippen LogP contribution in [0.4, 0.5) is 0 Å². The molecule has 0 aliphatic heterocycles. The molecule has 0 rings (SSSR count). The zero-order valence-corrected chi connectivity index (χ0v) is 8.23. The van der Waals surface area contributed by atoms with E-state index in [1.54, 1.807) is 20.8 Å². The first kappa shape index (κ1) is 11.8. The molecule has 0 aromatic rings. The Kier molecular flexibility index (Phi) is 4.13. The minimum atomic E-state index is -0.769. The third kappa shape index (κ3) is 1.77. The van der Waals surface area contributed by atoms with E-state index in [2.05, 4.69) is 0 Å². The molecule has 4 nitrogen and oxygen atoms in total. The molecule has 0 amide bonds. The number of hydrogen-bond acceptors (Lipinski definition) is 3. The Labute approximate surface area is 73.6 Å². The zero-order valence-electron chi connectivity index (χ0n) is 8.23. The highest BCUT2D eigenvalue weighted by Crippen LogP contribution is 2.19. The summed E-state index contributed by atoms with van der Waals surface area (Å²) in [5.41, 5.74) is 0. The second-order valence-electron chi connectivity index (χ2n) is 3.21. The Hall–Kier alpha value is -0.160. The van der Waals surface area contributed by atoms with Gasteiger partial charge >= 0.3 is 0 Å². The monoisotopic (exact) mass is 178 g/mol. The van der Waals surface area contributed by atoms with Gasteiger partial charge < -0.3 is 15.3 Å². The summed E-state index contributed by atoms with van der Waals surface area (Å²) in [5, 5.41) is 28.4. The van der Waals surface area contributed by atoms with E-state index in [1.807, 2.05) is 6.92 Å². The van der Waals surface area contributed by atoms with Gasteiger partial charge in [0.2, 0.25) is 0 Å². The Morgan fingerprint density at radius 1 is 0.917 bits per heavy atom. The van der Waals surface area contributed by atoms with Crippen LogP contribution in [0.2, 0.25) is 0 Å². The van der Waals surface area contributed by atoms with Gasteiger partial charge in [-0.25, -0.2) is 0 Å². The maximum absolute atomic E-state index is 9.46. The molecule has 0 saturated heterocycles. The van der Waals surface area contributed by atoms with E-state index in [9.17, 15) is 15.3 Å². The second kappa shape index (κ2) is 4.18. The lowest BCUT2D eigenvalue weighted by atomic mass is 10.2. The summed E-state index contributed by atoms with van der Waals surface area (Å²) in [7, 11) is 0.